The van der Waals surface area contributed by atoms with Crippen molar-refractivity contribution in [3.05, 3.63) is 69.8 Å². The normalized spacial score (nSPS) is 14.3. The van der Waals surface area contributed by atoms with Gasteiger partial charge in [0.1, 0.15) is 17.2 Å². The topological polar surface area (TPSA) is 60.7 Å². The Morgan fingerprint density at radius 3 is 0.769 bits per heavy atom. The van der Waals surface area contributed by atoms with Gasteiger partial charge in [0.2, 0.25) is 0 Å². The van der Waals surface area contributed by atoms with Crippen molar-refractivity contribution in [3.8, 4) is 17.2 Å². The molecule has 0 aliphatic rings. The number of hydrogen-bond acceptors (Lipinski definition) is 6. The van der Waals surface area contributed by atoms with Gasteiger partial charge in [0.05, 0.1) is 4.58 Å². The third kappa shape index (κ3) is 11.1. The van der Waals surface area contributed by atoms with Gasteiger partial charge in [-0.05, 0) is 75.3 Å². The Morgan fingerprint density at radius 1 is 0.385 bits per heavy atom. The highest BCUT2D eigenvalue weighted by molar-refractivity contribution is 8.17. The summed E-state index contributed by atoms with van der Waals surface area (Å²) in [5.41, 5.74) is 4.57. The minimum atomic E-state index is -0.221. The van der Waals surface area contributed by atoms with Crippen LogP contribution < -0.4 is 0 Å². The number of aromatic hydroxyl groups is 3. The number of phenolic OH excluding ortho intramolecular Hbond substituents is 3. The minimum absolute atomic E-state index is 0.138. The van der Waals surface area contributed by atoms with Crippen molar-refractivity contribution in [2.45, 2.75) is 195 Å². The molecule has 0 fully saturated rings. The fraction of sp³-hybridized carbons (Fsp3) is 0.609. The Labute approximate surface area is 331 Å². The molecule has 1 atom stereocenters. The Bertz CT molecular complexity index is 1540. The third-order valence-electron chi connectivity index (χ3n) is 9.50. The first-order valence-electron chi connectivity index (χ1n) is 18.8. The van der Waals surface area contributed by atoms with Crippen LogP contribution in [0, 0.1) is 0 Å². The molecule has 0 radical (unpaired) electrons. The molecule has 3 rings (SSSR count). The zero-order chi connectivity index (χ0) is 40.2. The zero-order valence-corrected chi connectivity index (χ0v) is 38.3. The highest BCUT2D eigenvalue weighted by Crippen LogP contribution is 2.49. The van der Waals surface area contributed by atoms with E-state index in [9.17, 15) is 15.3 Å². The summed E-state index contributed by atoms with van der Waals surface area (Å²) >= 11 is 5.63. The molecule has 3 N–H and O–H groups in total. The smallest absolute Gasteiger partial charge is 0.123 e. The second-order valence-electron chi connectivity index (χ2n) is 20.9. The maximum atomic E-state index is 11.5. The summed E-state index contributed by atoms with van der Waals surface area (Å²) in [5, 5.41) is 34.7. The second-order valence-corrected chi connectivity index (χ2v) is 25.3. The first kappa shape index (κ1) is 44.5. The lowest BCUT2D eigenvalue weighted by atomic mass is 9.79. The van der Waals surface area contributed by atoms with E-state index in [1.54, 1.807) is 0 Å². The van der Waals surface area contributed by atoms with Crippen molar-refractivity contribution >= 4 is 35.3 Å². The fourth-order valence-corrected chi connectivity index (χ4v) is 10.8. The van der Waals surface area contributed by atoms with Crippen LogP contribution in [0.1, 0.15) is 171 Å². The average Bonchev–Trinajstić information content (AvgIpc) is 2.91. The maximum Gasteiger partial charge on any atom is 0.123 e. The van der Waals surface area contributed by atoms with Crippen molar-refractivity contribution < 1.29 is 15.3 Å². The molecule has 52 heavy (non-hydrogen) atoms. The van der Waals surface area contributed by atoms with E-state index in [4.69, 9.17) is 0 Å². The van der Waals surface area contributed by atoms with E-state index in [0.717, 1.165) is 49.6 Å². The van der Waals surface area contributed by atoms with Crippen molar-refractivity contribution in [2.24, 2.45) is 0 Å². The molecule has 6 heteroatoms. The molecular formula is C46H70O3S3. The van der Waals surface area contributed by atoms with E-state index in [-0.39, 0.29) is 42.3 Å². The Morgan fingerprint density at radius 2 is 0.577 bits per heavy atom. The van der Waals surface area contributed by atoms with Crippen LogP contribution in [0.25, 0.3) is 0 Å². The molecular weight excluding hydrogens is 697 g/mol. The van der Waals surface area contributed by atoms with Crippen LogP contribution in [0.2, 0.25) is 0 Å². The predicted octanol–water partition coefficient (Wildman–Crippen LogP) is 14.4. The third-order valence-corrected chi connectivity index (χ3v) is 13.1. The van der Waals surface area contributed by atoms with Crippen molar-refractivity contribution in [3.63, 3.8) is 0 Å². The van der Waals surface area contributed by atoms with Gasteiger partial charge in [0.25, 0.3) is 0 Å². The van der Waals surface area contributed by atoms with Gasteiger partial charge < -0.3 is 15.3 Å². The van der Waals surface area contributed by atoms with Crippen LogP contribution >= 0.6 is 35.3 Å². The summed E-state index contributed by atoms with van der Waals surface area (Å²) in [6, 6.07) is 13.2. The van der Waals surface area contributed by atoms with E-state index < -0.39 is 0 Å². The monoisotopic (exact) mass is 766 g/mol. The van der Waals surface area contributed by atoms with Crippen LogP contribution in [0.4, 0.5) is 0 Å². The van der Waals surface area contributed by atoms with Crippen molar-refractivity contribution in [1.29, 1.82) is 0 Å². The number of rotatable bonds is 8. The molecule has 1 unspecified atom stereocenters. The summed E-state index contributed by atoms with van der Waals surface area (Å²) in [6.45, 7) is 41.3. The van der Waals surface area contributed by atoms with Gasteiger partial charge in [-0.25, -0.2) is 0 Å². The maximum absolute atomic E-state index is 11.5. The van der Waals surface area contributed by atoms with Gasteiger partial charge in [-0.15, -0.1) is 35.3 Å². The Kier molecular flexibility index (Phi) is 13.1. The molecule has 0 bridgehead atoms. The van der Waals surface area contributed by atoms with Gasteiger partial charge in [-0.2, -0.15) is 0 Å². The molecule has 0 spiro atoms. The molecule has 0 heterocycles. The van der Waals surface area contributed by atoms with Gasteiger partial charge in [-0.3, -0.25) is 0 Å². The predicted molar refractivity (Wildman–Crippen MR) is 232 cm³/mol. The van der Waals surface area contributed by atoms with Crippen LogP contribution in [-0.4, -0.2) is 25.2 Å². The van der Waals surface area contributed by atoms with Crippen LogP contribution in [0.3, 0.4) is 0 Å². The van der Waals surface area contributed by atoms with E-state index in [0.29, 0.717) is 17.2 Å². The molecule has 0 aliphatic carbocycles. The summed E-state index contributed by atoms with van der Waals surface area (Å²) in [7, 11) is 0. The molecule has 3 nitrogen and oxygen atoms in total. The first-order chi connectivity index (χ1) is 23.2. The van der Waals surface area contributed by atoms with Crippen LogP contribution in [-0.2, 0) is 32.5 Å². The number of benzene rings is 3. The minimum Gasteiger partial charge on any atom is -0.507 e. The number of hydrogen-bond donors (Lipinski definition) is 3. The lowest BCUT2D eigenvalue weighted by Gasteiger charge is -2.30. The molecule has 0 saturated heterocycles. The van der Waals surface area contributed by atoms with Gasteiger partial charge in [-0.1, -0.05) is 132 Å². The van der Waals surface area contributed by atoms with Gasteiger partial charge >= 0.3 is 0 Å². The van der Waals surface area contributed by atoms with Gasteiger partial charge in [0, 0.05) is 53.3 Å². The largest absolute Gasteiger partial charge is 0.507 e. The molecule has 0 aromatic heterocycles. The SMILES string of the molecule is CC(CC(Sc1cc(C(C)(C)C)c(O)c(C(C)(C)C)c1)Sc1cc(C(C)(C)C)c(O)c(C(C)(C)C)c1)Sc1cc(C(C)(C)C)c(O)c(C(C)(C)C)c1. The molecule has 3 aromatic carbocycles. The fourth-order valence-electron chi connectivity index (χ4n) is 6.43. The molecule has 290 valence electrons. The zero-order valence-electron chi connectivity index (χ0n) is 35.9. The van der Waals surface area contributed by atoms with Crippen molar-refractivity contribution in [1.82, 2.24) is 0 Å². The van der Waals surface area contributed by atoms with E-state index in [1.165, 1.54) is 4.90 Å². The van der Waals surface area contributed by atoms with E-state index in [1.807, 2.05) is 35.3 Å². The second kappa shape index (κ2) is 15.3. The summed E-state index contributed by atoms with van der Waals surface area (Å²) in [6.07, 6.45) is 0.906. The van der Waals surface area contributed by atoms with Gasteiger partial charge in [0.15, 0.2) is 0 Å². The molecule has 3 aromatic rings. The molecule has 0 saturated carbocycles. The summed E-state index contributed by atoms with van der Waals surface area (Å²) < 4.78 is 0.138. The highest BCUT2D eigenvalue weighted by atomic mass is 32.2. The molecule has 0 amide bonds. The lowest BCUT2D eigenvalue weighted by molar-refractivity contribution is 0.421. The summed E-state index contributed by atoms with van der Waals surface area (Å²) in [5.74, 6) is 1.21. The lowest BCUT2D eigenvalue weighted by Crippen LogP contribution is -2.18. The Balaban J connectivity index is 2.19. The average molecular weight is 767 g/mol. The number of phenols is 3. The van der Waals surface area contributed by atoms with Crippen LogP contribution in [0.15, 0.2) is 51.1 Å². The Hall–Kier alpha value is -1.89. The quantitative estimate of drug-likeness (QED) is 0.157. The summed E-state index contributed by atoms with van der Waals surface area (Å²) in [4.78, 5) is 3.49. The number of thioether (sulfide) groups is 3. The van der Waals surface area contributed by atoms with Crippen LogP contribution in [0.5, 0.6) is 17.2 Å². The van der Waals surface area contributed by atoms with Crippen molar-refractivity contribution in [2.75, 3.05) is 0 Å². The van der Waals surface area contributed by atoms with E-state index in [2.05, 4.69) is 168 Å². The highest BCUT2D eigenvalue weighted by Gasteiger charge is 2.31. The first-order valence-corrected chi connectivity index (χ1v) is 21.5. The van der Waals surface area contributed by atoms with E-state index >= 15 is 0 Å². The standard InChI is InChI=1S/C46H70O3S3/c1-27(50-28-21-31(41(2,3)4)38(47)32(22-28)42(5,6)7)20-37(51-29-23-33(43(8,9)10)39(48)34(24-29)44(11,12)13)52-30-25-35(45(14,15)16)40(49)36(26-30)46(17,18)19/h21-27,37,47-49H,20H2,1-19H3. The molecule has 0 aliphatic heterocycles.